The van der Waals surface area contributed by atoms with Crippen molar-refractivity contribution in [1.82, 2.24) is 5.32 Å². The van der Waals surface area contributed by atoms with E-state index < -0.39 is 11.7 Å². The number of nitrogens with one attached hydrogen (secondary N) is 2. The number of amides is 1. The number of anilines is 1. The molecule has 0 saturated carbocycles. The Bertz CT molecular complexity index is 545. The molecule has 0 spiro atoms. The van der Waals surface area contributed by atoms with E-state index in [4.69, 9.17) is 4.74 Å². The number of carbonyl (C=O) groups excluding carboxylic acids is 1. The summed E-state index contributed by atoms with van der Waals surface area (Å²) in [6.45, 7) is 7.99. The lowest BCUT2D eigenvalue weighted by molar-refractivity contribution is -0.137. The zero-order chi connectivity index (χ0) is 18.3. The van der Waals surface area contributed by atoms with Crippen LogP contribution in [0.1, 0.15) is 39.7 Å². The van der Waals surface area contributed by atoms with E-state index in [0.717, 1.165) is 18.6 Å². The number of rotatable bonds is 8. The maximum atomic E-state index is 12.9. The molecule has 0 fully saturated rings. The number of alkyl halides is 3. The molecular formula is C17H25F3N2O2. The van der Waals surface area contributed by atoms with E-state index in [2.05, 4.69) is 10.6 Å². The van der Waals surface area contributed by atoms with Crippen molar-refractivity contribution >= 4 is 11.6 Å². The molecule has 1 rings (SSSR count). The van der Waals surface area contributed by atoms with Crippen molar-refractivity contribution in [3.05, 3.63) is 23.8 Å². The van der Waals surface area contributed by atoms with Gasteiger partial charge in [0.1, 0.15) is 5.75 Å². The topological polar surface area (TPSA) is 50.4 Å². The summed E-state index contributed by atoms with van der Waals surface area (Å²) in [6, 6.07) is 3.19. The molecule has 1 aromatic carbocycles. The van der Waals surface area contributed by atoms with E-state index in [1.165, 1.54) is 6.07 Å². The van der Waals surface area contributed by atoms with Crippen LogP contribution in [0.2, 0.25) is 0 Å². The van der Waals surface area contributed by atoms with Gasteiger partial charge in [-0.3, -0.25) is 4.79 Å². The molecule has 136 valence electrons. The van der Waals surface area contributed by atoms with Crippen LogP contribution in [0.4, 0.5) is 18.9 Å². The normalized spacial score (nSPS) is 12.8. The molecule has 0 radical (unpaired) electrons. The maximum absolute atomic E-state index is 12.9. The minimum atomic E-state index is -4.45. The van der Waals surface area contributed by atoms with Crippen molar-refractivity contribution in [3.63, 3.8) is 0 Å². The van der Waals surface area contributed by atoms with Crippen LogP contribution in [0, 0.1) is 5.92 Å². The van der Waals surface area contributed by atoms with Crippen LogP contribution in [0.15, 0.2) is 18.2 Å². The summed E-state index contributed by atoms with van der Waals surface area (Å²) in [7, 11) is 0. The molecule has 1 aromatic rings. The second-order valence-electron chi connectivity index (χ2n) is 6.01. The van der Waals surface area contributed by atoms with Crippen LogP contribution in [0.5, 0.6) is 5.75 Å². The summed E-state index contributed by atoms with van der Waals surface area (Å²) in [6.07, 6.45) is -3.72. The lowest BCUT2D eigenvalue weighted by Crippen LogP contribution is -2.39. The second-order valence-corrected chi connectivity index (χ2v) is 6.01. The SMILES string of the molecule is CCCOc1ccc(C(F)(F)F)cc1NCC(=O)NC(C)C(C)C. The number of hydrogen-bond donors (Lipinski definition) is 2. The van der Waals surface area contributed by atoms with E-state index in [1.54, 1.807) is 0 Å². The Labute approximate surface area is 140 Å². The van der Waals surface area contributed by atoms with Crippen LogP contribution in [0.3, 0.4) is 0 Å². The summed E-state index contributed by atoms with van der Waals surface area (Å²) in [4.78, 5) is 11.9. The fraction of sp³-hybridized carbons (Fsp3) is 0.588. The fourth-order valence-corrected chi connectivity index (χ4v) is 1.83. The Hall–Kier alpha value is -1.92. The van der Waals surface area contributed by atoms with Gasteiger partial charge in [0.2, 0.25) is 5.91 Å². The van der Waals surface area contributed by atoms with E-state index in [1.807, 2.05) is 27.7 Å². The molecule has 0 aliphatic carbocycles. The lowest BCUT2D eigenvalue weighted by atomic mass is 10.1. The van der Waals surface area contributed by atoms with Crippen LogP contribution >= 0.6 is 0 Å². The van der Waals surface area contributed by atoms with Gasteiger partial charge in [-0.1, -0.05) is 20.8 Å². The molecular weight excluding hydrogens is 321 g/mol. The molecule has 1 amide bonds. The van der Waals surface area contributed by atoms with E-state index >= 15 is 0 Å². The van der Waals surface area contributed by atoms with Gasteiger partial charge >= 0.3 is 6.18 Å². The third-order valence-electron chi connectivity index (χ3n) is 3.60. The van der Waals surface area contributed by atoms with E-state index in [9.17, 15) is 18.0 Å². The van der Waals surface area contributed by atoms with Gasteiger partial charge in [-0.2, -0.15) is 13.2 Å². The zero-order valence-corrected chi connectivity index (χ0v) is 14.5. The predicted molar refractivity (Wildman–Crippen MR) is 88.2 cm³/mol. The predicted octanol–water partition coefficient (Wildman–Crippen LogP) is 4.07. The third-order valence-corrected chi connectivity index (χ3v) is 3.60. The second kappa shape index (κ2) is 8.80. The first-order valence-corrected chi connectivity index (χ1v) is 8.02. The molecule has 0 aliphatic rings. The first kappa shape index (κ1) is 20.1. The summed E-state index contributed by atoms with van der Waals surface area (Å²) in [5.41, 5.74) is -0.629. The Morgan fingerprint density at radius 1 is 1.25 bits per heavy atom. The molecule has 24 heavy (non-hydrogen) atoms. The van der Waals surface area contributed by atoms with Gasteiger partial charge in [-0.15, -0.1) is 0 Å². The van der Waals surface area contributed by atoms with Crippen LogP contribution < -0.4 is 15.4 Å². The highest BCUT2D eigenvalue weighted by Crippen LogP contribution is 2.35. The number of ether oxygens (including phenoxy) is 1. The van der Waals surface area contributed by atoms with Crippen molar-refractivity contribution < 1.29 is 22.7 Å². The van der Waals surface area contributed by atoms with Crippen molar-refractivity contribution in [3.8, 4) is 5.75 Å². The molecule has 1 unspecified atom stereocenters. The number of benzene rings is 1. The number of carbonyl (C=O) groups is 1. The van der Waals surface area contributed by atoms with Gasteiger partial charge in [-0.05, 0) is 37.5 Å². The quantitative estimate of drug-likeness (QED) is 0.746. The molecule has 0 aliphatic heterocycles. The van der Waals surface area contributed by atoms with E-state index in [0.29, 0.717) is 12.4 Å². The highest BCUT2D eigenvalue weighted by atomic mass is 19.4. The van der Waals surface area contributed by atoms with Crippen LogP contribution in [-0.2, 0) is 11.0 Å². The standard InChI is InChI=1S/C17H25F3N2O2/c1-5-8-24-15-7-6-13(17(18,19)20)9-14(15)21-10-16(23)22-12(4)11(2)3/h6-7,9,11-12,21H,5,8,10H2,1-4H3,(H,22,23). The molecule has 0 bridgehead atoms. The first-order chi connectivity index (χ1) is 11.1. The smallest absolute Gasteiger partial charge is 0.416 e. The highest BCUT2D eigenvalue weighted by Gasteiger charge is 2.31. The van der Waals surface area contributed by atoms with Crippen molar-refractivity contribution in [2.75, 3.05) is 18.5 Å². The number of halogens is 3. The first-order valence-electron chi connectivity index (χ1n) is 8.02. The average Bonchev–Trinajstić information content (AvgIpc) is 2.50. The Morgan fingerprint density at radius 3 is 2.46 bits per heavy atom. The monoisotopic (exact) mass is 346 g/mol. The van der Waals surface area contributed by atoms with Crippen LogP contribution in [0.25, 0.3) is 0 Å². The van der Waals surface area contributed by atoms with Crippen molar-refractivity contribution in [2.45, 2.75) is 46.3 Å². The summed E-state index contributed by atoms with van der Waals surface area (Å²) < 4.78 is 44.0. The number of hydrogen-bond acceptors (Lipinski definition) is 3. The minimum Gasteiger partial charge on any atom is -0.491 e. The molecule has 7 heteroatoms. The highest BCUT2D eigenvalue weighted by molar-refractivity contribution is 5.81. The van der Waals surface area contributed by atoms with Gasteiger partial charge < -0.3 is 15.4 Å². The minimum absolute atomic E-state index is 0.0170. The van der Waals surface area contributed by atoms with Crippen molar-refractivity contribution in [2.24, 2.45) is 5.92 Å². The van der Waals surface area contributed by atoms with Crippen LogP contribution in [-0.4, -0.2) is 25.1 Å². The summed E-state index contributed by atoms with van der Waals surface area (Å²) in [5.74, 6) is 0.288. The Kier molecular flexibility index (Phi) is 7.38. The third kappa shape index (κ3) is 6.29. The average molecular weight is 346 g/mol. The molecule has 0 saturated heterocycles. The largest absolute Gasteiger partial charge is 0.491 e. The maximum Gasteiger partial charge on any atom is 0.416 e. The Balaban J connectivity index is 2.84. The molecule has 4 nitrogen and oxygen atoms in total. The summed E-state index contributed by atoms with van der Waals surface area (Å²) in [5, 5.41) is 5.53. The van der Waals surface area contributed by atoms with E-state index in [-0.39, 0.29) is 30.1 Å². The molecule has 2 N–H and O–H groups in total. The van der Waals surface area contributed by atoms with Gasteiger partial charge in [0.05, 0.1) is 24.4 Å². The molecule has 1 atom stereocenters. The fourth-order valence-electron chi connectivity index (χ4n) is 1.83. The lowest BCUT2D eigenvalue weighted by Gasteiger charge is -2.19. The van der Waals surface area contributed by atoms with Gasteiger partial charge in [-0.25, -0.2) is 0 Å². The molecule has 0 heterocycles. The van der Waals surface area contributed by atoms with Gasteiger partial charge in [0.25, 0.3) is 0 Å². The van der Waals surface area contributed by atoms with Gasteiger partial charge in [0.15, 0.2) is 0 Å². The van der Waals surface area contributed by atoms with Crippen molar-refractivity contribution in [1.29, 1.82) is 0 Å². The Morgan fingerprint density at radius 2 is 1.92 bits per heavy atom. The van der Waals surface area contributed by atoms with Gasteiger partial charge in [0, 0.05) is 6.04 Å². The zero-order valence-electron chi connectivity index (χ0n) is 14.5. The molecule has 0 aromatic heterocycles. The summed E-state index contributed by atoms with van der Waals surface area (Å²) >= 11 is 0.